The number of methoxy groups -OCH3 is 1. The van der Waals surface area contributed by atoms with E-state index in [-0.39, 0.29) is 36.0 Å². The third kappa shape index (κ3) is 2.54. The third-order valence-corrected chi connectivity index (χ3v) is 6.35. The fourth-order valence-electron chi connectivity index (χ4n) is 5.45. The lowest BCUT2D eigenvalue weighted by molar-refractivity contribution is -0.137. The van der Waals surface area contributed by atoms with E-state index in [1.165, 1.54) is 7.11 Å². The number of hydrogen-bond donors (Lipinski definition) is 0. The van der Waals surface area contributed by atoms with Gasteiger partial charge in [0.15, 0.2) is 0 Å². The molecule has 5 heteroatoms. The summed E-state index contributed by atoms with van der Waals surface area (Å²) in [7, 11) is 1.41. The number of hydrogen-bond acceptors (Lipinski definition) is 4. The Bertz CT molecular complexity index is 1070. The van der Waals surface area contributed by atoms with Crippen LogP contribution in [0.5, 0.6) is 0 Å². The van der Waals surface area contributed by atoms with E-state index < -0.39 is 5.60 Å². The van der Waals surface area contributed by atoms with Crippen molar-refractivity contribution in [2.45, 2.75) is 38.5 Å². The second-order valence-corrected chi connectivity index (χ2v) is 9.14. The van der Waals surface area contributed by atoms with E-state index in [2.05, 4.69) is 12.1 Å². The minimum Gasteiger partial charge on any atom is -0.466 e. The highest BCUT2D eigenvalue weighted by Crippen LogP contribution is 2.70. The summed E-state index contributed by atoms with van der Waals surface area (Å²) in [5.74, 6) is -0.349. The molecule has 2 aromatic rings. The first-order valence-electron chi connectivity index (χ1n) is 10.3. The molecule has 5 nitrogen and oxygen atoms in total. The van der Waals surface area contributed by atoms with Gasteiger partial charge in [0.2, 0.25) is 0 Å². The van der Waals surface area contributed by atoms with E-state index in [4.69, 9.17) is 9.47 Å². The van der Waals surface area contributed by atoms with Gasteiger partial charge in [-0.25, -0.2) is 9.59 Å². The van der Waals surface area contributed by atoms with Crippen LogP contribution in [0.4, 0.5) is 4.79 Å². The molecule has 3 aliphatic rings. The number of rotatable bonds is 2. The first kappa shape index (κ1) is 18.9. The van der Waals surface area contributed by atoms with Gasteiger partial charge >= 0.3 is 12.1 Å². The minimum atomic E-state index is -0.592. The van der Waals surface area contributed by atoms with Crippen molar-refractivity contribution in [2.75, 3.05) is 7.11 Å². The molecule has 4 atom stereocenters. The van der Waals surface area contributed by atoms with E-state index >= 15 is 0 Å². The fourth-order valence-corrected chi connectivity index (χ4v) is 5.45. The predicted molar refractivity (Wildman–Crippen MR) is 112 cm³/mol. The first-order chi connectivity index (χ1) is 14.3. The molecule has 0 radical (unpaired) electrons. The van der Waals surface area contributed by atoms with Crippen LogP contribution in [0.1, 0.15) is 49.5 Å². The predicted octanol–water partition coefficient (Wildman–Crippen LogP) is 4.91. The van der Waals surface area contributed by atoms with Crippen LogP contribution in [0, 0.1) is 11.8 Å². The Morgan fingerprint density at radius 3 is 2.00 bits per heavy atom. The van der Waals surface area contributed by atoms with Crippen molar-refractivity contribution < 1.29 is 19.1 Å². The monoisotopic (exact) mass is 403 g/mol. The van der Waals surface area contributed by atoms with Crippen LogP contribution in [0.2, 0.25) is 0 Å². The lowest BCUT2D eigenvalue weighted by atomic mass is 9.58. The Balaban J connectivity index is 1.65. The van der Waals surface area contributed by atoms with Crippen molar-refractivity contribution in [1.82, 2.24) is 4.90 Å². The molecule has 154 valence electrons. The van der Waals surface area contributed by atoms with Crippen molar-refractivity contribution in [2.24, 2.45) is 11.8 Å². The lowest BCUT2D eigenvalue weighted by Gasteiger charge is -2.42. The summed E-state index contributed by atoms with van der Waals surface area (Å²) in [6.07, 6.45) is -0.334. The summed E-state index contributed by atoms with van der Waals surface area (Å²) in [6, 6.07) is 17.7. The van der Waals surface area contributed by atoms with Crippen molar-refractivity contribution in [3.05, 3.63) is 76.9 Å². The largest absolute Gasteiger partial charge is 0.466 e. The summed E-state index contributed by atoms with van der Waals surface area (Å²) in [4.78, 5) is 27.9. The molecule has 2 aromatic carbocycles. The van der Waals surface area contributed by atoms with Gasteiger partial charge in [-0.05, 0) is 43.0 Å². The second-order valence-electron chi connectivity index (χ2n) is 9.14. The highest BCUT2D eigenvalue weighted by Gasteiger charge is 2.66. The molecule has 0 spiro atoms. The number of nitrogens with zero attached hydrogens (tertiary/aromatic N) is 1. The van der Waals surface area contributed by atoms with E-state index in [0.29, 0.717) is 5.57 Å². The quantitative estimate of drug-likeness (QED) is 0.669. The fraction of sp³-hybridized carbons (Fsp3) is 0.360. The Labute approximate surface area is 176 Å². The van der Waals surface area contributed by atoms with Crippen LogP contribution < -0.4 is 0 Å². The highest BCUT2D eigenvalue weighted by atomic mass is 16.6. The van der Waals surface area contributed by atoms with E-state index in [9.17, 15) is 9.59 Å². The second kappa shape index (κ2) is 6.46. The van der Waals surface area contributed by atoms with Crippen LogP contribution in [0.15, 0.2) is 60.2 Å². The van der Waals surface area contributed by atoms with Crippen LogP contribution in [-0.2, 0) is 14.3 Å². The van der Waals surface area contributed by atoms with Gasteiger partial charge < -0.3 is 9.47 Å². The maximum absolute atomic E-state index is 13.3. The standard InChI is InChI=1S/C25H25NO4/c1-25(2,3)30-24(28)26-21-15-12-8-9-13-16(15)22(26)19-18(21)17(20(19)23(27)29-4)14-10-6-5-7-11-14/h5-13,18-19,21-22H,1-4H3/t18-,19-,21+,22-/m1/s1. The number of benzene rings is 2. The van der Waals surface area contributed by atoms with Gasteiger partial charge in [-0.2, -0.15) is 0 Å². The lowest BCUT2D eigenvalue weighted by Crippen LogP contribution is -2.38. The molecule has 0 saturated carbocycles. The molecule has 30 heavy (non-hydrogen) atoms. The molecule has 0 aromatic heterocycles. The molecule has 0 unspecified atom stereocenters. The molecule has 1 saturated heterocycles. The van der Waals surface area contributed by atoms with Gasteiger partial charge in [0.25, 0.3) is 0 Å². The summed E-state index contributed by atoms with van der Waals surface area (Å²) in [6.45, 7) is 5.62. The average molecular weight is 403 g/mol. The number of fused-ring (bicyclic) bond motifs is 8. The third-order valence-electron chi connectivity index (χ3n) is 6.35. The molecule has 5 rings (SSSR count). The Hall–Kier alpha value is -3.08. The van der Waals surface area contributed by atoms with Crippen molar-refractivity contribution in [3.8, 4) is 0 Å². The SMILES string of the molecule is COC(=O)C1=C(c2ccccc2)[C@@H]2[C@H]1[C@H]1c3ccccc3[C@@H]2N1C(=O)OC(C)(C)C. The molecule has 2 heterocycles. The maximum Gasteiger partial charge on any atom is 0.411 e. The van der Waals surface area contributed by atoms with E-state index in [1.807, 2.05) is 68.1 Å². The molecule has 1 aliphatic carbocycles. The number of carbonyl (C=O) groups excluding carboxylic acids is 2. The van der Waals surface area contributed by atoms with E-state index in [0.717, 1.165) is 22.3 Å². The summed E-state index contributed by atoms with van der Waals surface area (Å²) >= 11 is 0. The summed E-state index contributed by atoms with van der Waals surface area (Å²) < 4.78 is 10.9. The maximum atomic E-state index is 13.3. The molecule has 2 bridgehead atoms. The van der Waals surface area contributed by atoms with Crippen LogP contribution >= 0.6 is 0 Å². The van der Waals surface area contributed by atoms with Gasteiger partial charge in [0.05, 0.1) is 19.2 Å². The number of carbonyl (C=O) groups is 2. The number of ether oxygens (including phenoxy) is 2. The number of esters is 1. The van der Waals surface area contributed by atoms with Crippen LogP contribution in [0.3, 0.4) is 0 Å². The van der Waals surface area contributed by atoms with Gasteiger partial charge in [-0.15, -0.1) is 0 Å². The van der Waals surface area contributed by atoms with E-state index in [1.54, 1.807) is 0 Å². The topological polar surface area (TPSA) is 55.8 Å². The first-order valence-corrected chi connectivity index (χ1v) is 10.3. The molecule has 0 N–H and O–H groups in total. The van der Waals surface area contributed by atoms with Crippen LogP contribution in [-0.4, -0.2) is 29.7 Å². The molecule has 1 amide bonds. The zero-order chi connectivity index (χ0) is 21.2. The molecular weight excluding hydrogens is 378 g/mol. The Kier molecular flexibility index (Phi) is 4.07. The smallest absolute Gasteiger partial charge is 0.411 e. The Morgan fingerprint density at radius 1 is 0.867 bits per heavy atom. The normalized spacial score (nSPS) is 26.1. The zero-order valence-corrected chi connectivity index (χ0v) is 17.6. The zero-order valence-electron chi connectivity index (χ0n) is 17.6. The summed E-state index contributed by atoms with van der Waals surface area (Å²) in [5, 5.41) is 0. The van der Waals surface area contributed by atoms with Gasteiger partial charge in [-0.1, -0.05) is 54.6 Å². The van der Waals surface area contributed by atoms with Crippen molar-refractivity contribution >= 4 is 17.6 Å². The highest BCUT2D eigenvalue weighted by molar-refractivity contribution is 6.04. The van der Waals surface area contributed by atoms with Gasteiger partial charge in [0.1, 0.15) is 5.60 Å². The Morgan fingerprint density at radius 2 is 1.43 bits per heavy atom. The van der Waals surface area contributed by atoms with Crippen molar-refractivity contribution in [3.63, 3.8) is 0 Å². The summed E-state index contributed by atoms with van der Waals surface area (Å²) in [5.41, 5.74) is 4.33. The minimum absolute atomic E-state index is 0.0499. The van der Waals surface area contributed by atoms with Crippen LogP contribution in [0.25, 0.3) is 5.57 Å². The van der Waals surface area contributed by atoms with Gasteiger partial charge in [0, 0.05) is 17.4 Å². The molecular formula is C25H25NO4. The van der Waals surface area contributed by atoms with Crippen molar-refractivity contribution in [1.29, 1.82) is 0 Å². The molecule has 2 aliphatic heterocycles. The number of amides is 1. The molecule has 1 fully saturated rings. The van der Waals surface area contributed by atoms with Gasteiger partial charge in [-0.3, -0.25) is 4.90 Å². The average Bonchev–Trinajstić information content (AvgIpc) is 3.16.